The molecule has 1 aliphatic heterocycles. The minimum atomic E-state index is -0.238. The van der Waals surface area contributed by atoms with Crippen molar-refractivity contribution in [1.29, 1.82) is 0 Å². The molecule has 3 N–H and O–H groups in total. The Balaban J connectivity index is 2.34. The molecule has 0 saturated carbocycles. The molecule has 1 aliphatic rings. The Morgan fingerprint density at radius 1 is 1.73 bits per heavy atom. The standard InChI is InChI=1S/C7H15N3O/c1-7(2,8)5-10-4-3-6(11)9-10/h3-5,8H2,1-2H3,(H,9,11). The van der Waals surface area contributed by atoms with E-state index in [1.165, 1.54) is 0 Å². The van der Waals surface area contributed by atoms with Gasteiger partial charge in [-0.25, -0.2) is 5.01 Å². The number of hydrazine groups is 1. The highest BCUT2D eigenvalue weighted by molar-refractivity contribution is 5.77. The number of carbonyl (C=O) groups excluding carboxylic acids is 1. The van der Waals surface area contributed by atoms with Crippen molar-refractivity contribution >= 4 is 5.91 Å². The SMILES string of the molecule is CC(C)(N)CN1CCC(=O)N1. The van der Waals surface area contributed by atoms with Crippen LogP contribution in [-0.4, -0.2) is 29.5 Å². The van der Waals surface area contributed by atoms with Crippen LogP contribution in [0.1, 0.15) is 20.3 Å². The molecule has 0 spiro atoms. The second-order valence-electron chi connectivity index (χ2n) is 3.70. The summed E-state index contributed by atoms with van der Waals surface area (Å²) in [6.45, 7) is 5.37. The molecule has 0 aromatic rings. The van der Waals surface area contributed by atoms with Crippen LogP contribution in [0.3, 0.4) is 0 Å². The molecule has 0 bridgehead atoms. The molecule has 1 amide bonds. The summed E-state index contributed by atoms with van der Waals surface area (Å²) in [5.41, 5.74) is 8.25. The fourth-order valence-corrected chi connectivity index (χ4v) is 1.14. The van der Waals surface area contributed by atoms with E-state index < -0.39 is 0 Å². The van der Waals surface area contributed by atoms with Crippen molar-refractivity contribution in [2.24, 2.45) is 5.73 Å². The molecule has 1 rings (SSSR count). The van der Waals surface area contributed by atoms with Crippen molar-refractivity contribution in [3.05, 3.63) is 0 Å². The van der Waals surface area contributed by atoms with Gasteiger partial charge in [0.15, 0.2) is 0 Å². The van der Waals surface area contributed by atoms with Crippen LogP contribution in [0, 0.1) is 0 Å². The zero-order valence-corrected chi connectivity index (χ0v) is 7.05. The molecule has 11 heavy (non-hydrogen) atoms. The lowest BCUT2D eigenvalue weighted by molar-refractivity contribution is -0.121. The van der Waals surface area contributed by atoms with E-state index in [1.54, 1.807) is 0 Å². The van der Waals surface area contributed by atoms with Crippen molar-refractivity contribution in [2.45, 2.75) is 25.8 Å². The number of amides is 1. The first-order chi connectivity index (χ1) is 4.97. The van der Waals surface area contributed by atoms with E-state index in [-0.39, 0.29) is 11.4 Å². The van der Waals surface area contributed by atoms with E-state index >= 15 is 0 Å². The van der Waals surface area contributed by atoms with Crippen LogP contribution in [0.2, 0.25) is 0 Å². The van der Waals surface area contributed by atoms with Crippen LogP contribution in [0.25, 0.3) is 0 Å². The first kappa shape index (κ1) is 8.49. The van der Waals surface area contributed by atoms with Gasteiger partial charge in [-0.05, 0) is 13.8 Å². The number of carbonyl (C=O) groups is 1. The van der Waals surface area contributed by atoms with Gasteiger partial charge in [0.05, 0.1) is 0 Å². The quantitative estimate of drug-likeness (QED) is 0.566. The second kappa shape index (κ2) is 2.79. The maximum atomic E-state index is 10.7. The summed E-state index contributed by atoms with van der Waals surface area (Å²) in [6, 6.07) is 0. The molecular formula is C7H15N3O. The monoisotopic (exact) mass is 157 g/mol. The highest BCUT2D eigenvalue weighted by Gasteiger charge is 2.23. The predicted molar refractivity (Wildman–Crippen MR) is 42.6 cm³/mol. The second-order valence-corrected chi connectivity index (χ2v) is 3.70. The van der Waals surface area contributed by atoms with Gasteiger partial charge in [0.2, 0.25) is 5.91 Å². The summed E-state index contributed by atoms with van der Waals surface area (Å²) in [7, 11) is 0. The maximum absolute atomic E-state index is 10.7. The summed E-state index contributed by atoms with van der Waals surface area (Å²) >= 11 is 0. The molecular weight excluding hydrogens is 142 g/mol. The minimum Gasteiger partial charge on any atom is -0.324 e. The Kier molecular flexibility index (Phi) is 2.15. The predicted octanol–water partition coefficient (Wildman–Crippen LogP) is -0.539. The van der Waals surface area contributed by atoms with Crippen molar-refractivity contribution in [2.75, 3.05) is 13.1 Å². The summed E-state index contributed by atoms with van der Waals surface area (Å²) < 4.78 is 0. The highest BCUT2D eigenvalue weighted by atomic mass is 16.2. The Bertz CT molecular complexity index is 162. The van der Waals surface area contributed by atoms with Crippen LogP contribution >= 0.6 is 0 Å². The van der Waals surface area contributed by atoms with Crippen molar-refractivity contribution < 1.29 is 4.79 Å². The normalized spacial score (nSPS) is 20.5. The molecule has 0 unspecified atom stereocenters. The largest absolute Gasteiger partial charge is 0.324 e. The van der Waals surface area contributed by atoms with Crippen molar-refractivity contribution in [1.82, 2.24) is 10.4 Å². The van der Waals surface area contributed by atoms with Gasteiger partial charge in [-0.15, -0.1) is 0 Å². The molecule has 0 radical (unpaired) electrons. The van der Waals surface area contributed by atoms with E-state index in [0.717, 1.165) is 6.54 Å². The van der Waals surface area contributed by atoms with Crippen LogP contribution in [0.5, 0.6) is 0 Å². The Hall–Kier alpha value is -0.610. The average Bonchev–Trinajstić information content (AvgIpc) is 2.10. The lowest BCUT2D eigenvalue weighted by Gasteiger charge is -2.25. The third kappa shape index (κ3) is 2.86. The van der Waals surface area contributed by atoms with Crippen LogP contribution in [-0.2, 0) is 4.79 Å². The first-order valence-electron chi connectivity index (χ1n) is 3.81. The molecule has 1 fully saturated rings. The first-order valence-corrected chi connectivity index (χ1v) is 3.81. The van der Waals surface area contributed by atoms with Gasteiger partial charge in [-0.3, -0.25) is 10.2 Å². The van der Waals surface area contributed by atoms with Gasteiger partial charge in [-0.2, -0.15) is 0 Å². The smallest absolute Gasteiger partial charge is 0.235 e. The Labute approximate surface area is 66.7 Å². The van der Waals surface area contributed by atoms with Gasteiger partial charge >= 0.3 is 0 Å². The van der Waals surface area contributed by atoms with Crippen LogP contribution < -0.4 is 11.2 Å². The fourth-order valence-electron chi connectivity index (χ4n) is 1.14. The van der Waals surface area contributed by atoms with Gasteiger partial charge in [0, 0.05) is 25.0 Å². The third-order valence-corrected chi connectivity index (χ3v) is 1.49. The van der Waals surface area contributed by atoms with Crippen LogP contribution in [0.15, 0.2) is 0 Å². The number of nitrogens with one attached hydrogen (secondary N) is 1. The third-order valence-electron chi connectivity index (χ3n) is 1.49. The lowest BCUT2D eigenvalue weighted by atomic mass is 10.1. The highest BCUT2D eigenvalue weighted by Crippen LogP contribution is 2.04. The summed E-state index contributed by atoms with van der Waals surface area (Å²) in [5.74, 6) is 0.0919. The molecule has 0 atom stereocenters. The molecule has 1 saturated heterocycles. The van der Waals surface area contributed by atoms with E-state index in [0.29, 0.717) is 13.0 Å². The summed E-state index contributed by atoms with van der Waals surface area (Å²) in [5, 5.41) is 1.86. The van der Waals surface area contributed by atoms with E-state index in [9.17, 15) is 4.79 Å². The van der Waals surface area contributed by atoms with E-state index in [2.05, 4.69) is 5.43 Å². The lowest BCUT2D eigenvalue weighted by Crippen LogP contribution is -2.48. The fraction of sp³-hybridized carbons (Fsp3) is 0.857. The molecule has 0 aromatic heterocycles. The Morgan fingerprint density at radius 2 is 2.36 bits per heavy atom. The van der Waals surface area contributed by atoms with Crippen LogP contribution in [0.4, 0.5) is 0 Å². The zero-order chi connectivity index (χ0) is 8.48. The van der Waals surface area contributed by atoms with Gasteiger partial charge in [0.1, 0.15) is 0 Å². The minimum absolute atomic E-state index is 0.0919. The molecule has 64 valence electrons. The van der Waals surface area contributed by atoms with Crippen molar-refractivity contribution in [3.63, 3.8) is 0 Å². The number of hydrogen-bond donors (Lipinski definition) is 2. The summed E-state index contributed by atoms with van der Waals surface area (Å²) in [6.07, 6.45) is 0.593. The molecule has 1 heterocycles. The molecule has 0 aliphatic carbocycles. The number of nitrogens with two attached hydrogens (primary N) is 1. The van der Waals surface area contributed by atoms with E-state index in [4.69, 9.17) is 5.73 Å². The Morgan fingerprint density at radius 3 is 2.73 bits per heavy atom. The zero-order valence-electron chi connectivity index (χ0n) is 7.05. The molecule has 4 heteroatoms. The molecule has 4 nitrogen and oxygen atoms in total. The van der Waals surface area contributed by atoms with Crippen molar-refractivity contribution in [3.8, 4) is 0 Å². The molecule has 0 aromatic carbocycles. The number of hydrogen-bond acceptors (Lipinski definition) is 3. The number of nitrogens with zero attached hydrogens (tertiary/aromatic N) is 1. The van der Waals surface area contributed by atoms with Gasteiger partial charge in [-0.1, -0.05) is 0 Å². The number of rotatable bonds is 2. The van der Waals surface area contributed by atoms with E-state index in [1.807, 2.05) is 18.9 Å². The van der Waals surface area contributed by atoms with Gasteiger partial charge in [0.25, 0.3) is 0 Å². The summed E-state index contributed by atoms with van der Waals surface area (Å²) in [4.78, 5) is 10.7. The van der Waals surface area contributed by atoms with Gasteiger partial charge < -0.3 is 5.73 Å². The average molecular weight is 157 g/mol. The maximum Gasteiger partial charge on any atom is 0.235 e. The topological polar surface area (TPSA) is 58.4 Å².